The van der Waals surface area contributed by atoms with Crippen LogP contribution in [0.1, 0.15) is 20.7 Å². The van der Waals surface area contributed by atoms with Gasteiger partial charge in [-0.3, -0.25) is 4.79 Å². The van der Waals surface area contributed by atoms with Gasteiger partial charge in [-0.15, -0.1) is 0 Å². The van der Waals surface area contributed by atoms with Crippen molar-refractivity contribution in [3.05, 3.63) is 64.2 Å². The van der Waals surface area contributed by atoms with Crippen LogP contribution in [-0.2, 0) is 4.74 Å². The molecule has 2 rings (SSSR count). The molecule has 0 radical (unpaired) electrons. The zero-order valence-electron chi connectivity index (χ0n) is 11.3. The standard InChI is InChI=1S/C15H10ClF2NO3/c1-22-15(21)9-6-13(12(18)7-11(9)17)19-14(20)8-4-2-3-5-10(8)16/h2-7H,1H3,(H,19,20). The molecule has 0 unspecified atom stereocenters. The van der Waals surface area contributed by atoms with Crippen LogP contribution in [0.3, 0.4) is 0 Å². The Kier molecular flexibility index (Phi) is 4.72. The lowest BCUT2D eigenvalue weighted by Gasteiger charge is -2.10. The van der Waals surface area contributed by atoms with E-state index in [4.69, 9.17) is 11.6 Å². The van der Waals surface area contributed by atoms with Gasteiger partial charge in [-0.1, -0.05) is 23.7 Å². The molecule has 1 amide bonds. The average molecular weight is 326 g/mol. The van der Waals surface area contributed by atoms with Crippen LogP contribution in [0.5, 0.6) is 0 Å². The molecule has 0 bridgehead atoms. The third-order valence-corrected chi connectivity index (χ3v) is 3.16. The monoisotopic (exact) mass is 325 g/mol. The van der Waals surface area contributed by atoms with Gasteiger partial charge in [0.2, 0.25) is 0 Å². The van der Waals surface area contributed by atoms with Crippen LogP contribution in [-0.4, -0.2) is 19.0 Å². The van der Waals surface area contributed by atoms with E-state index in [-0.39, 0.29) is 16.3 Å². The Morgan fingerprint density at radius 1 is 1.09 bits per heavy atom. The second kappa shape index (κ2) is 6.53. The van der Waals surface area contributed by atoms with Crippen LogP contribution >= 0.6 is 11.6 Å². The van der Waals surface area contributed by atoms with Gasteiger partial charge in [0.1, 0.15) is 11.6 Å². The highest BCUT2D eigenvalue weighted by molar-refractivity contribution is 6.34. The number of carbonyl (C=O) groups excluding carboxylic acids is 2. The van der Waals surface area contributed by atoms with Crippen LogP contribution in [0, 0.1) is 11.6 Å². The van der Waals surface area contributed by atoms with E-state index in [1.54, 1.807) is 12.1 Å². The molecule has 7 heteroatoms. The lowest BCUT2D eigenvalue weighted by atomic mass is 10.1. The lowest BCUT2D eigenvalue weighted by Crippen LogP contribution is -2.15. The number of hydrogen-bond donors (Lipinski definition) is 1. The molecule has 0 heterocycles. The quantitative estimate of drug-likeness (QED) is 0.876. The van der Waals surface area contributed by atoms with Crippen LogP contribution < -0.4 is 5.32 Å². The Bertz CT molecular complexity index is 750. The molecular weight excluding hydrogens is 316 g/mol. The topological polar surface area (TPSA) is 55.4 Å². The lowest BCUT2D eigenvalue weighted by molar-refractivity contribution is 0.0595. The van der Waals surface area contributed by atoms with Crippen molar-refractivity contribution >= 4 is 29.2 Å². The SMILES string of the molecule is COC(=O)c1cc(NC(=O)c2ccccc2Cl)c(F)cc1F. The molecular formula is C15H10ClF2NO3. The second-order valence-corrected chi connectivity index (χ2v) is 4.64. The minimum atomic E-state index is -1.08. The molecule has 1 N–H and O–H groups in total. The summed E-state index contributed by atoms with van der Waals surface area (Å²) >= 11 is 5.87. The zero-order valence-corrected chi connectivity index (χ0v) is 12.1. The Labute approximate surface area is 129 Å². The van der Waals surface area contributed by atoms with E-state index in [2.05, 4.69) is 10.1 Å². The number of halogens is 3. The molecule has 0 fully saturated rings. The summed E-state index contributed by atoms with van der Waals surface area (Å²) in [5.74, 6) is -3.77. The van der Waals surface area contributed by atoms with Crippen molar-refractivity contribution in [2.75, 3.05) is 12.4 Å². The van der Waals surface area contributed by atoms with Gasteiger partial charge in [0, 0.05) is 6.07 Å². The fraction of sp³-hybridized carbons (Fsp3) is 0.0667. The molecule has 0 aromatic heterocycles. The first-order chi connectivity index (χ1) is 10.4. The number of carbonyl (C=O) groups is 2. The number of ether oxygens (including phenoxy) is 1. The number of benzene rings is 2. The van der Waals surface area contributed by atoms with Crippen LogP contribution in [0.2, 0.25) is 5.02 Å². The molecule has 0 aliphatic carbocycles. The number of amides is 1. The van der Waals surface area contributed by atoms with E-state index in [0.29, 0.717) is 6.07 Å². The van der Waals surface area contributed by atoms with Gasteiger partial charge in [0.15, 0.2) is 0 Å². The van der Waals surface area contributed by atoms with E-state index in [1.165, 1.54) is 12.1 Å². The molecule has 0 saturated heterocycles. The van der Waals surface area contributed by atoms with Gasteiger partial charge in [-0.25, -0.2) is 13.6 Å². The Hall–Kier alpha value is -2.47. The van der Waals surface area contributed by atoms with Crippen LogP contribution in [0.25, 0.3) is 0 Å². The van der Waals surface area contributed by atoms with E-state index in [1.807, 2.05) is 0 Å². The summed E-state index contributed by atoms with van der Waals surface area (Å²) in [7, 11) is 1.06. The van der Waals surface area contributed by atoms with Gasteiger partial charge in [0.05, 0.1) is 28.9 Å². The first-order valence-corrected chi connectivity index (χ1v) is 6.45. The van der Waals surface area contributed by atoms with Crippen molar-refractivity contribution in [1.82, 2.24) is 0 Å². The maximum absolute atomic E-state index is 13.7. The normalized spacial score (nSPS) is 10.2. The predicted octanol–water partition coefficient (Wildman–Crippen LogP) is 3.66. The molecule has 2 aromatic carbocycles. The highest BCUT2D eigenvalue weighted by Gasteiger charge is 2.19. The summed E-state index contributed by atoms with van der Waals surface area (Å²) in [6.45, 7) is 0. The predicted molar refractivity (Wildman–Crippen MR) is 77.1 cm³/mol. The molecule has 0 atom stereocenters. The maximum atomic E-state index is 13.7. The summed E-state index contributed by atoms with van der Waals surface area (Å²) < 4.78 is 31.6. The largest absolute Gasteiger partial charge is 0.465 e. The van der Waals surface area contributed by atoms with Crippen LogP contribution in [0.4, 0.5) is 14.5 Å². The number of nitrogens with one attached hydrogen (secondary N) is 1. The third-order valence-electron chi connectivity index (χ3n) is 2.83. The van der Waals surface area contributed by atoms with Crippen molar-refractivity contribution < 1.29 is 23.1 Å². The Morgan fingerprint density at radius 2 is 1.77 bits per heavy atom. The summed E-state index contributed by atoms with van der Waals surface area (Å²) in [6, 6.07) is 7.52. The van der Waals surface area contributed by atoms with Crippen molar-refractivity contribution in [2.24, 2.45) is 0 Å². The van der Waals surface area contributed by atoms with Crippen molar-refractivity contribution in [2.45, 2.75) is 0 Å². The molecule has 2 aromatic rings. The van der Waals surface area contributed by atoms with E-state index in [9.17, 15) is 18.4 Å². The zero-order chi connectivity index (χ0) is 16.3. The molecule has 0 aliphatic rings. The Morgan fingerprint density at radius 3 is 2.41 bits per heavy atom. The molecule has 0 spiro atoms. The van der Waals surface area contributed by atoms with E-state index in [0.717, 1.165) is 13.2 Å². The van der Waals surface area contributed by atoms with Crippen molar-refractivity contribution in [3.63, 3.8) is 0 Å². The van der Waals surface area contributed by atoms with E-state index >= 15 is 0 Å². The van der Waals surface area contributed by atoms with Gasteiger partial charge >= 0.3 is 5.97 Å². The first kappa shape index (κ1) is 15.9. The van der Waals surface area contributed by atoms with Gasteiger partial charge in [-0.05, 0) is 18.2 Å². The second-order valence-electron chi connectivity index (χ2n) is 4.24. The molecule has 4 nitrogen and oxygen atoms in total. The molecule has 22 heavy (non-hydrogen) atoms. The third kappa shape index (κ3) is 3.23. The number of esters is 1. The summed E-state index contributed by atoms with van der Waals surface area (Å²) in [5, 5.41) is 2.42. The Balaban J connectivity index is 2.35. The smallest absolute Gasteiger partial charge is 0.340 e. The fourth-order valence-corrected chi connectivity index (χ4v) is 1.97. The number of rotatable bonds is 3. The van der Waals surface area contributed by atoms with Crippen LogP contribution in [0.15, 0.2) is 36.4 Å². The molecule has 114 valence electrons. The molecule has 0 saturated carbocycles. The van der Waals surface area contributed by atoms with Gasteiger partial charge in [0.25, 0.3) is 5.91 Å². The minimum absolute atomic E-state index is 0.118. The number of methoxy groups -OCH3 is 1. The molecule has 0 aliphatic heterocycles. The fourth-order valence-electron chi connectivity index (χ4n) is 1.75. The van der Waals surface area contributed by atoms with Crippen molar-refractivity contribution in [3.8, 4) is 0 Å². The van der Waals surface area contributed by atoms with Crippen molar-refractivity contribution in [1.29, 1.82) is 0 Å². The summed E-state index contributed by atoms with van der Waals surface area (Å²) in [5.41, 5.74) is -0.724. The van der Waals surface area contributed by atoms with E-state index < -0.39 is 29.1 Å². The highest BCUT2D eigenvalue weighted by atomic mass is 35.5. The number of hydrogen-bond acceptors (Lipinski definition) is 3. The minimum Gasteiger partial charge on any atom is -0.465 e. The highest BCUT2D eigenvalue weighted by Crippen LogP contribution is 2.22. The van der Waals surface area contributed by atoms with Gasteiger partial charge < -0.3 is 10.1 Å². The maximum Gasteiger partial charge on any atom is 0.340 e. The number of anilines is 1. The first-order valence-electron chi connectivity index (χ1n) is 6.07. The summed E-state index contributed by atoms with van der Waals surface area (Å²) in [4.78, 5) is 23.4. The van der Waals surface area contributed by atoms with Gasteiger partial charge in [-0.2, -0.15) is 0 Å². The summed E-state index contributed by atoms with van der Waals surface area (Å²) in [6.07, 6.45) is 0. The average Bonchev–Trinajstić information content (AvgIpc) is 2.49.